The fourth-order valence-corrected chi connectivity index (χ4v) is 2.39. The van der Waals surface area contributed by atoms with Crippen LogP contribution in [0.1, 0.15) is 18.1 Å². The lowest BCUT2D eigenvalue weighted by molar-refractivity contribution is 0.470. The van der Waals surface area contributed by atoms with E-state index in [-0.39, 0.29) is 0 Å². The number of hydrogen-bond acceptors (Lipinski definition) is 2. The molecule has 2 nitrogen and oxygen atoms in total. The predicted molar refractivity (Wildman–Crippen MR) is 82.8 cm³/mol. The van der Waals surface area contributed by atoms with Crippen LogP contribution in [0.4, 0.5) is 0 Å². The number of rotatable bonds is 5. The molecule has 0 unspecified atom stereocenters. The molecule has 3 heteroatoms. The molecule has 1 N–H and O–H groups in total. The zero-order chi connectivity index (χ0) is 13.7. The molecule has 0 fully saturated rings. The third kappa shape index (κ3) is 3.82. The molecular weight excluding hydrogens is 302 g/mol. The number of ether oxygens (including phenoxy) is 1. The van der Waals surface area contributed by atoms with Gasteiger partial charge in [-0.1, -0.05) is 31.2 Å². The first-order valence-corrected chi connectivity index (χ1v) is 7.22. The largest absolute Gasteiger partial charge is 0.456 e. The summed E-state index contributed by atoms with van der Waals surface area (Å²) in [7, 11) is 0. The van der Waals surface area contributed by atoms with Crippen molar-refractivity contribution in [1.82, 2.24) is 5.32 Å². The first-order chi connectivity index (χ1) is 9.20. The minimum atomic E-state index is 0.816. The topological polar surface area (TPSA) is 21.3 Å². The maximum absolute atomic E-state index is 6.01. The molecule has 0 aliphatic heterocycles. The molecular formula is C16H18BrNO. The van der Waals surface area contributed by atoms with Crippen molar-refractivity contribution < 1.29 is 4.74 Å². The van der Waals surface area contributed by atoms with Gasteiger partial charge in [-0.05, 0) is 53.2 Å². The van der Waals surface area contributed by atoms with Crippen molar-refractivity contribution >= 4 is 15.9 Å². The van der Waals surface area contributed by atoms with Crippen LogP contribution in [-0.4, -0.2) is 6.54 Å². The van der Waals surface area contributed by atoms with Gasteiger partial charge in [-0.15, -0.1) is 0 Å². The van der Waals surface area contributed by atoms with E-state index in [1.54, 1.807) is 0 Å². The van der Waals surface area contributed by atoms with Crippen molar-refractivity contribution in [2.75, 3.05) is 6.54 Å². The first kappa shape index (κ1) is 14.1. The zero-order valence-corrected chi connectivity index (χ0v) is 12.8. The molecule has 0 saturated heterocycles. The smallest absolute Gasteiger partial charge is 0.141 e. The summed E-state index contributed by atoms with van der Waals surface area (Å²) < 4.78 is 6.98. The number of hydrogen-bond donors (Lipinski definition) is 1. The summed E-state index contributed by atoms with van der Waals surface area (Å²) >= 11 is 3.54. The van der Waals surface area contributed by atoms with E-state index in [9.17, 15) is 0 Å². The maximum Gasteiger partial charge on any atom is 0.141 e. The standard InChI is InChI=1S/C16H18BrNO/c1-3-18-11-13-6-4-5-7-15(13)19-16-9-8-12(2)10-14(16)17/h4-10,18H,3,11H2,1-2H3. The lowest BCUT2D eigenvalue weighted by Crippen LogP contribution is -2.12. The molecule has 0 aliphatic rings. The van der Waals surface area contributed by atoms with Crippen LogP contribution in [0, 0.1) is 6.92 Å². The minimum Gasteiger partial charge on any atom is -0.456 e. The molecule has 2 aromatic rings. The van der Waals surface area contributed by atoms with Crippen molar-refractivity contribution in [3.8, 4) is 11.5 Å². The van der Waals surface area contributed by atoms with E-state index < -0.39 is 0 Å². The Hall–Kier alpha value is -1.32. The number of benzene rings is 2. The molecule has 2 rings (SSSR count). The molecule has 0 spiro atoms. The van der Waals surface area contributed by atoms with E-state index in [0.29, 0.717) is 0 Å². The van der Waals surface area contributed by atoms with Crippen LogP contribution < -0.4 is 10.1 Å². The second-order valence-corrected chi connectivity index (χ2v) is 5.28. The van der Waals surface area contributed by atoms with E-state index in [0.717, 1.165) is 34.6 Å². The highest BCUT2D eigenvalue weighted by Gasteiger charge is 2.06. The predicted octanol–water partition coefficient (Wildman–Crippen LogP) is 4.66. The van der Waals surface area contributed by atoms with Crippen molar-refractivity contribution in [2.24, 2.45) is 0 Å². The Kier molecular flexibility index (Phi) is 5.00. The van der Waals surface area contributed by atoms with Gasteiger partial charge in [0.2, 0.25) is 0 Å². The Bertz CT molecular complexity index is 554. The van der Waals surface area contributed by atoms with Gasteiger partial charge in [-0.25, -0.2) is 0 Å². The van der Waals surface area contributed by atoms with Crippen LogP contribution >= 0.6 is 15.9 Å². The summed E-state index contributed by atoms with van der Waals surface area (Å²) in [5, 5.41) is 3.32. The van der Waals surface area contributed by atoms with Gasteiger partial charge in [0.05, 0.1) is 4.47 Å². The van der Waals surface area contributed by atoms with Crippen LogP contribution in [0.5, 0.6) is 11.5 Å². The van der Waals surface area contributed by atoms with Crippen LogP contribution in [0.3, 0.4) is 0 Å². The van der Waals surface area contributed by atoms with Gasteiger partial charge in [0.1, 0.15) is 11.5 Å². The van der Waals surface area contributed by atoms with Gasteiger partial charge >= 0.3 is 0 Å². The average molecular weight is 320 g/mol. The van der Waals surface area contributed by atoms with E-state index >= 15 is 0 Å². The zero-order valence-electron chi connectivity index (χ0n) is 11.2. The molecule has 0 saturated carbocycles. The molecule has 19 heavy (non-hydrogen) atoms. The molecule has 0 aromatic heterocycles. The highest BCUT2D eigenvalue weighted by molar-refractivity contribution is 9.10. The van der Waals surface area contributed by atoms with Gasteiger partial charge < -0.3 is 10.1 Å². The van der Waals surface area contributed by atoms with E-state index in [1.807, 2.05) is 30.3 Å². The Morgan fingerprint density at radius 3 is 2.63 bits per heavy atom. The summed E-state index contributed by atoms with van der Waals surface area (Å²) in [6, 6.07) is 14.2. The van der Waals surface area contributed by atoms with Crippen molar-refractivity contribution in [1.29, 1.82) is 0 Å². The molecule has 100 valence electrons. The average Bonchev–Trinajstić information content (AvgIpc) is 2.41. The van der Waals surface area contributed by atoms with Crippen LogP contribution in [0.2, 0.25) is 0 Å². The van der Waals surface area contributed by atoms with Gasteiger partial charge in [0.15, 0.2) is 0 Å². The van der Waals surface area contributed by atoms with Crippen molar-refractivity contribution in [3.05, 3.63) is 58.1 Å². The molecule has 2 aromatic carbocycles. The van der Waals surface area contributed by atoms with E-state index in [4.69, 9.17) is 4.74 Å². The van der Waals surface area contributed by atoms with Crippen LogP contribution in [-0.2, 0) is 6.54 Å². The fraction of sp³-hybridized carbons (Fsp3) is 0.250. The molecule has 0 heterocycles. The summed E-state index contributed by atoms with van der Waals surface area (Å²) in [5.74, 6) is 1.74. The molecule has 0 radical (unpaired) electrons. The number of aryl methyl sites for hydroxylation is 1. The van der Waals surface area contributed by atoms with Crippen molar-refractivity contribution in [2.45, 2.75) is 20.4 Å². The molecule has 0 amide bonds. The Morgan fingerprint density at radius 2 is 1.89 bits per heavy atom. The summed E-state index contributed by atoms with van der Waals surface area (Å²) in [5.41, 5.74) is 2.37. The number of halogens is 1. The molecule has 0 atom stereocenters. The highest BCUT2D eigenvalue weighted by Crippen LogP contribution is 2.32. The Labute approximate surface area is 122 Å². The van der Waals surface area contributed by atoms with E-state index in [2.05, 4.69) is 47.2 Å². The van der Waals surface area contributed by atoms with Gasteiger partial charge in [-0.2, -0.15) is 0 Å². The second-order valence-electron chi connectivity index (χ2n) is 4.42. The van der Waals surface area contributed by atoms with Crippen LogP contribution in [0.15, 0.2) is 46.9 Å². The minimum absolute atomic E-state index is 0.816. The van der Waals surface area contributed by atoms with Gasteiger partial charge in [0, 0.05) is 12.1 Å². The second kappa shape index (κ2) is 6.73. The van der Waals surface area contributed by atoms with E-state index in [1.165, 1.54) is 5.56 Å². The number of nitrogens with one attached hydrogen (secondary N) is 1. The molecule has 0 aliphatic carbocycles. The lowest BCUT2D eigenvalue weighted by atomic mass is 10.2. The summed E-state index contributed by atoms with van der Waals surface area (Å²) in [6.07, 6.45) is 0. The summed E-state index contributed by atoms with van der Waals surface area (Å²) in [6.45, 7) is 5.92. The first-order valence-electron chi connectivity index (χ1n) is 6.43. The summed E-state index contributed by atoms with van der Waals surface area (Å²) in [4.78, 5) is 0. The Balaban J connectivity index is 2.22. The maximum atomic E-state index is 6.01. The Morgan fingerprint density at radius 1 is 1.11 bits per heavy atom. The monoisotopic (exact) mass is 319 g/mol. The third-order valence-corrected chi connectivity index (χ3v) is 3.47. The van der Waals surface area contributed by atoms with Gasteiger partial charge in [0.25, 0.3) is 0 Å². The fourth-order valence-electron chi connectivity index (χ4n) is 1.82. The third-order valence-electron chi connectivity index (χ3n) is 2.85. The highest BCUT2D eigenvalue weighted by atomic mass is 79.9. The lowest BCUT2D eigenvalue weighted by Gasteiger charge is -2.12. The van der Waals surface area contributed by atoms with Gasteiger partial charge in [-0.3, -0.25) is 0 Å². The van der Waals surface area contributed by atoms with Crippen molar-refractivity contribution in [3.63, 3.8) is 0 Å². The normalized spacial score (nSPS) is 10.5. The molecule has 0 bridgehead atoms. The number of para-hydroxylation sites is 1. The SMILES string of the molecule is CCNCc1ccccc1Oc1ccc(C)cc1Br. The quantitative estimate of drug-likeness (QED) is 0.865. The van der Waals surface area contributed by atoms with Crippen LogP contribution in [0.25, 0.3) is 0 Å².